The summed E-state index contributed by atoms with van der Waals surface area (Å²) < 4.78 is 0. The smallest absolute Gasteiger partial charge is 0.0894 e. The van der Waals surface area contributed by atoms with Gasteiger partial charge in [0.25, 0.3) is 0 Å². The summed E-state index contributed by atoms with van der Waals surface area (Å²) in [6.07, 6.45) is 0. The summed E-state index contributed by atoms with van der Waals surface area (Å²) in [5.41, 5.74) is 2.23. The highest BCUT2D eigenvalue weighted by Gasteiger charge is 2.14. The average molecular weight is 235 g/mol. The molecule has 0 aromatic heterocycles. The van der Waals surface area contributed by atoms with Crippen molar-refractivity contribution >= 4 is 33.0 Å². The molecule has 0 amide bonds. The van der Waals surface area contributed by atoms with E-state index in [9.17, 15) is 0 Å². The first kappa shape index (κ1) is 9.14. The fourth-order valence-corrected chi connectivity index (χ4v) is 3.32. The Morgan fingerprint density at radius 3 is 2.53 bits per heavy atom. The number of nitrogens with zero attached hydrogens (tertiary/aromatic N) is 1. The van der Waals surface area contributed by atoms with Gasteiger partial charge in [-0.05, 0) is 16.8 Å². The minimum absolute atomic E-state index is 1.09. The van der Waals surface area contributed by atoms with E-state index >= 15 is 0 Å². The minimum Gasteiger partial charge on any atom is -0.246 e. The van der Waals surface area contributed by atoms with Gasteiger partial charge in [-0.25, -0.2) is 4.98 Å². The van der Waals surface area contributed by atoms with Gasteiger partial charge in [0.2, 0.25) is 0 Å². The van der Waals surface area contributed by atoms with Crippen molar-refractivity contribution in [1.82, 2.24) is 4.98 Å². The van der Waals surface area contributed by atoms with Gasteiger partial charge in [0, 0.05) is 10.8 Å². The zero-order valence-electron chi connectivity index (χ0n) is 9.05. The Bertz CT molecular complexity index is 800. The van der Waals surface area contributed by atoms with E-state index in [2.05, 4.69) is 47.8 Å². The Hall–Kier alpha value is -1.93. The topological polar surface area (TPSA) is 12.9 Å². The summed E-state index contributed by atoms with van der Waals surface area (Å²) in [5.74, 6) is 0. The molecule has 1 nitrogen and oxygen atoms in total. The fourth-order valence-electron chi connectivity index (χ4n) is 2.30. The van der Waals surface area contributed by atoms with Crippen LogP contribution in [0.4, 0.5) is 0 Å². The molecular formula is C15H9NS. The summed E-state index contributed by atoms with van der Waals surface area (Å²) in [7, 11) is 0. The summed E-state index contributed by atoms with van der Waals surface area (Å²) in [6.45, 7) is 0. The standard InChI is InChI=1S/C15H9NS/c1-2-6-11-10(5-1)9-17-15-12-7-3-4-8-13(12)16-14(11)15/h1-9H. The molecule has 0 N–H and O–H groups in total. The maximum atomic E-state index is 4.75. The number of fused-ring (bicyclic) bond motifs is 5. The maximum Gasteiger partial charge on any atom is 0.0894 e. The molecule has 2 heterocycles. The molecule has 0 saturated heterocycles. The van der Waals surface area contributed by atoms with Gasteiger partial charge in [-0.1, -0.05) is 42.5 Å². The zero-order chi connectivity index (χ0) is 11.2. The van der Waals surface area contributed by atoms with E-state index in [1.165, 1.54) is 21.0 Å². The van der Waals surface area contributed by atoms with Gasteiger partial charge in [0.1, 0.15) is 0 Å². The Morgan fingerprint density at radius 1 is 0.824 bits per heavy atom. The van der Waals surface area contributed by atoms with Crippen molar-refractivity contribution in [3.8, 4) is 10.6 Å². The van der Waals surface area contributed by atoms with Gasteiger partial charge in [-0.2, -0.15) is 0 Å². The molecule has 80 valence electrons. The Balaban J connectivity index is 2.28. The van der Waals surface area contributed by atoms with Gasteiger partial charge in [0.05, 0.1) is 16.1 Å². The molecule has 0 bridgehead atoms. The number of benzene rings is 2. The lowest BCUT2D eigenvalue weighted by atomic mass is 10.1. The van der Waals surface area contributed by atoms with Crippen LogP contribution in [-0.2, 0) is 0 Å². The predicted molar refractivity (Wildman–Crippen MR) is 73.7 cm³/mol. The first-order valence-corrected chi connectivity index (χ1v) is 6.46. The van der Waals surface area contributed by atoms with Gasteiger partial charge in [0.15, 0.2) is 0 Å². The van der Waals surface area contributed by atoms with Gasteiger partial charge >= 0.3 is 0 Å². The molecule has 2 aliphatic heterocycles. The Kier molecular flexibility index (Phi) is 1.76. The molecule has 0 spiro atoms. The van der Waals surface area contributed by atoms with Crippen LogP contribution in [0.5, 0.6) is 0 Å². The number of para-hydroxylation sites is 1. The third-order valence-electron chi connectivity index (χ3n) is 3.12. The highest BCUT2D eigenvalue weighted by atomic mass is 32.1. The molecule has 2 aromatic rings. The lowest BCUT2D eigenvalue weighted by Crippen LogP contribution is -1.77. The molecule has 0 saturated carbocycles. The molecule has 0 atom stereocenters. The monoisotopic (exact) mass is 235 g/mol. The third-order valence-corrected chi connectivity index (χ3v) is 4.14. The van der Waals surface area contributed by atoms with Crippen LogP contribution in [0.25, 0.3) is 32.2 Å². The molecule has 2 aliphatic rings. The normalized spacial score (nSPS) is 11.5. The van der Waals surface area contributed by atoms with E-state index in [1.54, 1.807) is 11.3 Å². The van der Waals surface area contributed by atoms with Gasteiger partial charge in [-0.15, -0.1) is 11.3 Å². The van der Waals surface area contributed by atoms with E-state index < -0.39 is 0 Å². The van der Waals surface area contributed by atoms with Crippen molar-refractivity contribution in [3.63, 3.8) is 0 Å². The van der Waals surface area contributed by atoms with E-state index in [-0.39, 0.29) is 0 Å². The van der Waals surface area contributed by atoms with E-state index in [1.807, 2.05) is 6.07 Å². The largest absolute Gasteiger partial charge is 0.246 e. The second-order valence-electron chi connectivity index (χ2n) is 4.13. The highest BCUT2D eigenvalue weighted by molar-refractivity contribution is 7.15. The lowest BCUT2D eigenvalue weighted by molar-refractivity contribution is 1.50. The molecular weight excluding hydrogens is 226 g/mol. The molecule has 0 unspecified atom stereocenters. The van der Waals surface area contributed by atoms with E-state index in [0.29, 0.717) is 0 Å². The SMILES string of the molecule is c1ccc2c3nc4ccccc4c-3scc2c1. The first-order chi connectivity index (χ1) is 8.43. The molecule has 0 radical (unpaired) electrons. The quantitative estimate of drug-likeness (QED) is 0.435. The number of aromatic nitrogens is 1. The molecule has 0 fully saturated rings. The van der Waals surface area contributed by atoms with Crippen LogP contribution in [0, 0.1) is 0 Å². The fraction of sp³-hybridized carbons (Fsp3) is 0. The zero-order valence-corrected chi connectivity index (χ0v) is 9.87. The van der Waals surface area contributed by atoms with Crippen molar-refractivity contribution in [1.29, 1.82) is 0 Å². The number of hydrogen-bond donors (Lipinski definition) is 0. The van der Waals surface area contributed by atoms with Crippen molar-refractivity contribution in [2.75, 3.05) is 0 Å². The van der Waals surface area contributed by atoms with Crippen LogP contribution in [0.2, 0.25) is 0 Å². The van der Waals surface area contributed by atoms with Crippen LogP contribution in [0.1, 0.15) is 0 Å². The van der Waals surface area contributed by atoms with Crippen LogP contribution in [0.15, 0.2) is 53.9 Å². The number of hydrogen-bond acceptors (Lipinski definition) is 2. The van der Waals surface area contributed by atoms with Crippen molar-refractivity contribution in [2.24, 2.45) is 0 Å². The van der Waals surface area contributed by atoms with Crippen LogP contribution in [-0.4, -0.2) is 4.98 Å². The Morgan fingerprint density at radius 2 is 1.59 bits per heavy atom. The molecule has 0 aliphatic carbocycles. The minimum atomic E-state index is 1.09. The summed E-state index contributed by atoms with van der Waals surface area (Å²) in [5, 5.41) is 6.00. The summed E-state index contributed by atoms with van der Waals surface area (Å²) in [4.78, 5) is 6.04. The lowest BCUT2D eigenvalue weighted by Gasteiger charge is -2.02. The predicted octanol–water partition coefficient (Wildman–Crippen LogP) is 4.55. The molecule has 4 rings (SSSR count). The second-order valence-corrected chi connectivity index (χ2v) is 5.01. The second kappa shape index (κ2) is 3.28. The molecule has 2 aromatic carbocycles. The summed E-state index contributed by atoms with van der Waals surface area (Å²) >= 11 is 1.78. The highest BCUT2D eigenvalue weighted by Crippen LogP contribution is 2.39. The molecule has 17 heavy (non-hydrogen) atoms. The number of rotatable bonds is 0. The van der Waals surface area contributed by atoms with E-state index in [0.717, 1.165) is 11.2 Å². The van der Waals surface area contributed by atoms with Crippen molar-refractivity contribution in [2.45, 2.75) is 0 Å². The third kappa shape index (κ3) is 1.22. The first-order valence-electron chi connectivity index (χ1n) is 5.58. The van der Waals surface area contributed by atoms with Crippen LogP contribution in [0.3, 0.4) is 0 Å². The van der Waals surface area contributed by atoms with Crippen LogP contribution >= 0.6 is 11.3 Å². The van der Waals surface area contributed by atoms with Gasteiger partial charge < -0.3 is 0 Å². The van der Waals surface area contributed by atoms with Gasteiger partial charge in [-0.3, -0.25) is 0 Å². The summed E-state index contributed by atoms with van der Waals surface area (Å²) in [6, 6.07) is 16.8. The Labute approximate surface area is 103 Å². The van der Waals surface area contributed by atoms with Crippen molar-refractivity contribution in [3.05, 3.63) is 53.9 Å². The average Bonchev–Trinajstić information content (AvgIpc) is 2.78. The maximum absolute atomic E-state index is 4.75. The van der Waals surface area contributed by atoms with Crippen molar-refractivity contribution < 1.29 is 0 Å². The van der Waals surface area contributed by atoms with E-state index in [4.69, 9.17) is 4.98 Å². The molecule has 2 heteroatoms. The van der Waals surface area contributed by atoms with Crippen LogP contribution < -0.4 is 0 Å².